The number of rotatable bonds is 5. The SMILES string of the molecule is CC(=O)NC(C)C(=O)Nc1ccccc1Oc1ccccc1Cl. The lowest BCUT2D eigenvalue weighted by molar-refractivity contribution is -0.124. The van der Waals surface area contributed by atoms with Crippen molar-refractivity contribution in [2.75, 3.05) is 5.32 Å². The number of hydrogen-bond acceptors (Lipinski definition) is 3. The van der Waals surface area contributed by atoms with Gasteiger partial charge >= 0.3 is 0 Å². The zero-order valence-corrected chi connectivity index (χ0v) is 13.6. The van der Waals surface area contributed by atoms with Crippen molar-refractivity contribution in [2.45, 2.75) is 19.9 Å². The molecule has 0 aliphatic carbocycles. The summed E-state index contributed by atoms with van der Waals surface area (Å²) in [6.45, 7) is 2.96. The van der Waals surface area contributed by atoms with Crippen LogP contribution in [-0.4, -0.2) is 17.9 Å². The van der Waals surface area contributed by atoms with E-state index < -0.39 is 6.04 Å². The van der Waals surface area contributed by atoms with Gasteiger partial charge in [0, 0.05) is 6.92 Å². The maximum atomic E-state index is 12.1. The average molecular weight is 333 g/mol. The number of halogens is 1. The van der Waals surface area contributed by atoms with E-state index in [1.807, 2.05) is 0 Å². The minimum absolute atomic E-state index is 0.270. The highest BCUT2D eigenvalue weighted by molar-refractivity contribution is 6.32. The summed E-state index contributed by atoms with van der Waals surface area (Å²) in [7, 11) is 0. The van der Waals surface area contributed by atoms with Crippen LogP contribution in [0, 0.1) is 0 Å². The van der Waals surface area contributed by atoms with Crippen LogP contribution in [0.15, 0.2) is 48.5 Å². The van der Waals surface area contributed by atoms with Gasteiger partial charge in [-0.1, -0.05) is 35.9 Å². The number of carbonyl (C=O) groups excluding carboxylic acids is 2. The molecule has 6 heteroatoms. The summed E-state index contributed by atoms with van der Waals surface area (Å²) in [5.41, 5.74) is 0.495. The molecule has 2 rings (SSSR count). The molecule has 120 valence electrons. The summed E-state index contributed by atoms with van der Waals surface area (Å²) in [4.78, 5) is 23.1. The maximum absolute atomic E-state index is 12.1. The molecule has 1 unspecified atom stereocenters. The molecule has 0 fully saturated rings. The van der Waals surface area contributed by atoms with Gasteiger partial charge < -0.3 is 15.4 Å². The van der Waals surface area contributed by atoms with Crippen LogP contribution in [-0.2, 0) is 9.59 Å². The van der Waals surface area contributed by atoms with Gasteiger partial charge in [0.2, 0.25) is 11.8 Å². The van der Waals surface area contributed by atoms with Gasteiger partial charge in [0.1, 0.15) is 11.8 Å². The lowest BCUT2D eigenvalue weighted by atomic mass is 10.2. The van der Waals surface area contributed by atoms with Crippen molar-refractivity contribution in [2.24, 2.45) is 0 Å². The van der Waals surface area contributed by atoms with Gasteiger partial charge in [-0.05, 0) is 31.2 Å². The van der Waals surface area contributed by atoms with Gasteiger partial charge in [0.15, 0.2) is 5.75 Å². The summed E-state index contributed by atoms with van der Waals surface area (Å²) in [6, 6.07) is 13.4. The van der Waals surface area contributed by atoms with Crippen LogP contribution in [0.3, 0.4) is 0 Å². The molecule has 0 saturated heterocycles. The molecule has 5 nitrogen and oxygen atoms in total. The Balaban J connectivity index is 2.16. The number of carbonyl (C=O) groups is 2. The third-order valence-corrected chi connectivity index (χ3v) is 3.33. The van der Waals surface area contributed by atoms with Crippen molar-refractivity contribution in [1.82, 2.24) is 5.32 Å². The van der Waals surface area contributed by atoms with Gasteiger partial charge in [-0.25, -0.2) is 0 Å². The molecule has 0 aromatic heterocycles. The Hall–Kier alpha value is -2.53. The second kappa shape index (κ2) is 7.65. The highest BCUT2D eigenvalue weighted by Gasteiger charge is 2.16. The highest BCUT2D eigenvalue weighted by atomic mass is 35.5. The quantitative estimate of drug-likeness (QED) is 0.879. The van der Waals surface area contributed by atoms with E-state index in [9.17, 15) is 9.59 Å². The molecule has 0 saturated carbocycles. The summed E-state index contributed by atoms with van der Waals surface area (Å²) in [5, 5.41) is 5.73. The van der Waals surface area contributed by atoms with E-state index in [0.29, 0.717) is 22.2 Å². The zero-order chi connectivity index (χ0) is 16.8. The summed E-state index contributed by atoms with van der Waals surface area (Å²) in [6.07, 6.45) is 0. The first-order valence-electron chi connectivity index (χ1n) is 7.06. The smallest absolute Gasteiger partial charge is 0.246 e. The van der Waals surface area contributed by atoms with Crippen molar-refractivity contribution in [3.63, 3.8) is 0 Å². The molecule has 2 N–H and O–H groups in total. The molecule has 0 bridgehead atoms. The standard InChI is InChI=1S/C17H17ClN2O3/c1-11(19-12(2)21)17(22)20-14-8-4-6-10-16(14)23-15-9-5-3-7-13(15)18/h3-11H,1-2H3,(H,19,21)(H,20,22). The van der Waals surface area contributed by atoms with Gasteiger partial charge in [-0.3, -0.25) is 9.59 Å². The second-order valence-corrected chi connectivity index (χ2v) is 5.35. The lowest BCUT2D eigenvalue weighted by Crippen LogP contribution is -2.40. The van der Waals surface area contributed by atoms with Crippen molar-refractivity contribution >= 4 is 29.1 Å². The molecule has 2 aromatic carbocycles. The first-order chi connectivity index (χ1) is 11.0. The van der Waals surface area contributed by atoms with Crippen LogP contribution < -0.4 is 15.4 Å². The number of benzene rings is 2. The fourth-order valence-corrected chi connectivity index (χ4v) is 2.09. The van der Waals surface area contributed by atoms with E-state index in [1.54, 1.807) is 55.5 Å². The first kappa shape index (κ1) is 16.8. The van der Waals surface area contributed by atoms with Crippen molar-refractivity contribution in [1.29, 1.82) is 0 Å². The van der Waals surface area contributed by atoms with Crippen molar-refractivity contribution in [3.05, 3.63) is 53.6 Å². The van der Waals surface area contributed by atoms with Crippen LogP contribution in [0.1, 0.15) is 13.8 Å². The Bertz CT molecular complexity index is 718. The molecular weight excluding hydrogens is 316 g/mol. The minimum Gasteiger partial charge on any atom is -0.454 e. The van der Waals surface area contributed by atoms with Gasteiger partial charge in [-0.15, -0.1) is 0 Å². The largest absolute Gasteiger partial charge is 0.454 e. The fourth-order valence-electron chi connectivity index (χ4n) is 1.92. The Morgan fingerprint density at radius 1 is 1.04 bits per heavy atom. The van der Waals surface area contributed by atoms with Crippen LogP contribution in [0.2, 0.25) is 5.02 Å². The Morgan fingerprint density at radius 2 is 1.65 bits per heavy atom. The fraction of sp³-hybridized carbons (Fsp3) is 0.176. The predicted octanol–water partition coefficient (Wildman–Crippen LogP) is 3.60. The van der Waals surface area contributed by atoms with Crippen LogP contribution in [0.5, 0.6) is 11.5 Å². The highest BCUT2D eigenvalue weighted by Crippen LogP contribution is 2.33. The molecular formula is C17H17ClN2O3. The maximum Gasteiger partial charge on any atom is 0.246 e. The molecule has 0 aliphatic rings. The van der Waals surface area contributed by atoms with Crippen LogP contribution in [0.4, 0.5) is 5.69 Å². The summed E-state index contributed by atoms with van der Waals surface area (Å²) < 4.78 is 5.77. The minimum atomic E-state index is -0.652. The third kappa shape index (κ3) is 4.72. The molecule has 2 aromatic rings. The predicted molar refractivity (Wildman–Crippen MR) is 89.9 cm³/mol. The second-order valence-electron chi connectivity index (χ2n) is 4.94. The number of hydrogen-bond donors (Lipinski definition) is 2. The van der Waals surface area contributed by atoms with Crippen molar-refractivity contribution in [3.8, 4) is 11.5 Å². The van der Waals surface area contributed by atoms with E-state index in [1.165, 1.54) is 6.92 Å². The van der Waals surface area contributed by atoms with E-state index in [-0.39, 0.29) is 11.8 Å². The van der Waals surface area contributed by atoms with Gasteiger partial charge in [0.25, 0.3) is 0 Å². The van der Waals surface area contributed by atoms with Gasteiger partial charge in [0.05, 0.1) is 10.7 Å². The molecule has 23 heavy (non-hydrogen) atoms. The molecule has 0 aliphatic heterocycles. The summed E-state index contributed by atoms with van der Waals surface area (Å²) >= 11 is 6.08. The van der Waals surface area contributed by atoms with Crippen LogP contribution >= 0.6 is 11.6 Å². The number of nitrogens with one attached hydrogen (secondary N) is 2. The molecule has 0 spiro atoms. The first-order valence-corrected chi connectivity index (χ1v) is 7.44. The molecule has 0 radical (unpaired) electrons. The Morgan fingerprint density at radius 3 is 2.30 bits per heavy atom. The van der Waals surface area contributed by atoms with Gasteiger partial charge in [-0.2, -0.15) is 0 Å². The number of ether oxygens (including phenoxy) is 1. The van der Waals surface area contributed by atoms with E-state index in [2.05, 4.69) is 10.6 Å². The van der Waals surface area contributed by atoms with Crippen LogP contribution in [0.25, 0.3) is 0 Å². The Labute approximate surface area is 139 Å². The molecule has 0 heterocycles. The molecule has 2 amide bonds. The normalized spacial score (nSPS) is 11.4. The van der Waals surface area contributed by atoms with E-state index in [4.69, 9.17) is 16.3 Å². The van der Waals surface area contributed by atoms with E-state index >= 15 is 0 Å². The number of anilines is 1. The monoisotopic (exact) mass is 332 g/mol. The zero-order valence-electron chi connectivity index (χ0n) is 12.8. The Kier molecular flexibility index (Phi) is 5.60. The average Bonchev–Trinajstić information content (AvgIpc) is 2.50. The third-order valence-electron chi connectivity index (χ3n) is 3.01. The van der Waals surface area contributed by atoms with E-state index in [0.717, 1.165) is 0 Å². The van der Waals surface area contributed by atoms with Crippen molar-refractivity contribution < 1.29 is 14.3 Å². The number of amides is 2. The topological polar surface area (TPSA) is 67.4 Å². The molecule has 1 atom stereocenters. The lowest BCUT2D eigenvalue weighted by Gasteiger charge is -2.16. The number of para-hydroxylation sites is 3. The summed E-state index contributed by atoms with van der Waals surface area (Å²) in [5.74, 6) is 0.346.